The van der Waals surface area contributed by atoms with Gasteiger partial charge in [0.25, 0.3) is 0 Å². The Morgan fingerprint density at radius 1 is 0.931 bits per heavy atom. The number of nitrogens with zero attached hydrogens (tertiary/aromatic N) is 2. The molecule has 4 nitrogen and oxygen atoms in total. The van der Waals surface area contributed by atoms with E-state index in [0.29, 0.717) is 28.3 Å². The molecule has 0 spiro atoms. The number of hydrogen-bond donors (Lipinski definition) is 0. The van der Waals surface area contributed by atoms with Crippen molar-refractivity contribution in [2.75, 3.05) is 5.01 Å². The molecule has 5 rings (SSSR count). The number of anilines is 1. The zero-order valence-electron chi connectivity index (χ0n) is 15.5. The molecule has 0 saturated carbocycles. The van der Waals surface area contributed by atoms with Crippen LogP contribution in [-0.4, -0.2) is 5.71 Å². The van der Waals surface area contributed by atoms with E-state index < -0.39 is 0 Å². The predicted molar refractivity (Wildman–Crippen MR) is 117 cm³/mol. The second-order valence-corrected chi connectivity index (χ2v) is 7.36. The average molecular weight is 401 g/mol. The van der Waals surface area contributed by atoms with Crippen LogP contribution in [-0.2, 0) is 0 Å². The maximum Gasteiger partial charge on any atom is 0.345 e. The van der Waals surface area contributed by atoms with Crippen molar-refractivity contribution < 1.29 is 4.42 Å². The van der Waals surface area contributed by atoms with Gasteiger partial charge in [-0.3, -0.25) is 5.01 Å². The van der Waals surface area contributed by atoms with E-state index in [1.165, 1.54) is 0 Å². The van der Waals surface area contributed by atoms with Crippen LogP contribution in [0.2, 0.25) is 5.02 Å². The summed E-state index contributed by atoms with van der Waals surface area (Å²) in [7, 11) is 0. The summed E-state index contributed by atoms with van der Waals surface area (Å²) in [6.45, 7) is 0. The van der Waals surface area contributed by atoms with E-state index in [1.807, 2.05) is 83.9 Å². The number of para-hydroxylation sites is 2. The predicted octanol–water partition coefficient (Wildman–Crippen LogP) is 5.80. The lowest BCUT2D eigenvalue weighted by Crippen LogP contribution is -2.18. The molecule has 0 bridgehead atoms. The molecule has 0 fully saturated rings. The van der Waals surface area contributed by atoms with Crippen LogP contribution in [0.1, 0.15) is 23.6 Å². The van der Waals surface area contributed by atoms with Crippen LogP contribution in [0.5, 0.6) is 0 Å². The molecule has 29 heavy (non-hydrogen) atoms. The van der Waals surface area contributed by atoms with Gasteiger partial charge in [0.05, 0.1) is 23.0 Å². The molecule has 0 unspecified atom stereocenters. The van der Waals surface area contributed by atoms with E-state index in [9.17, 15) is 4.79 Å². The normalized spacial score (nSPS) is 16.2. The minimum atomic E-state index is -0.379. The first kappa shape index (κ1) is 17.7. The Labute approximate surface area is 172 Å². The topological polar surface area (TPSA) is 45.8 Å². The third kappa shape index (κ3) is 3.22. The molecule has 142 valence electrons. The highest BCUT2D eigenvalue weighted by Crippen LogP contribution is 2.39. The Hall–Kier alpha value is -3.37. The first-order valence-corrected chi connectivity index (χ1v) is 9.78. The summed E-state index contributed by atoms with van der Waals surface area (Å²) < 4.78 is 5.53. The van der Waals surface area contributed by atoms with Crippen molar-refractivity contribution in [2.24, 2.45) is 5.10 Å². The monoisotopic (exact) mass is 400 g/mol. The van der Waals surface area contributed by atoms with Gasteiger partial charge in [0.1, 0.15) is 5.58 Å². The van der Waals surface area contributed by atoms with Crippen LogP contribution < -0.4 is 10.6 Å². The van der Waals surface area contributed by atoms with Crippen molar-refractivity contribution >= 4 is 34.0 Å². The van der Waals surface area contributed by atoms with Crippen LogP contribution >= 0.6 is 11.6 Å². The van der Waals surface area contributed by atoms with E-state index in [2.05, 4.69) is 0 Å². The molecule has 0 aliphatic carbocycles. The molecular weight excluding hydrogens is 384 g/mol. The lowest BCUT2D eigenvalue weighted by atomic mass is 9.98. The highest BCUT2D eigenvalue weighted by atomic mass is 35.5. The molecule has 1 aliphatic heterocycles. The van der Waals surface area contributed by atoms with Gasteiger partial charge in [0.15, 0.2) is 0 Å². The first-order valence-electron chi connectivity index (χ1n) is 9.40. The van der Waals surface area contributed by atoms with Crippen molar-refractivity contribution in [2.45, 2.75) is 12.5 Å². The molecule has 0 saturated heterocycles. The van der Waals surface area contributed by atoms with Crippen LogP contribution in [0.4, 0.5) is 5.69 Å². The number of hydrazone groups is 1. The summed E-state index contributed by atoms with van der Waals surface area (Å²) in [5, 5.41) is 8.32. The summed E-state index contributed by atoms with van der Waals surface area (Å²) in [6.07, 6.45) is 0.557. The Morgan fingerprint density at radius 2 is 1.66 bits per heavy atom. The van der Waals surface area contributed by atoms with E-state index in [4.69, 9.17) is 21.1 Å². The van der Waals surface area contributed by atoms with E-state index >= 15 is 0 Å². The van der Waals surface area contributed by atoms with Crippen molar-refractivity contribution in [3.63, 3.8) is 0 Å². The van der Waals surface area contributed by atoms with Crippen LogP contribution in [0.15, 0.2) is 99.2 Å². The molecule has 2 heterocycles. The minimum absolute atomic E-state index is 0.105. The second-order valence-electron chi connectivity index (χ2n) is 6.95. The van der Waals surface area contributed by atoms with E-state index in [-0.39, 0.29) is 11.7 Å². The fraction of sp³-hybridized carbons (Fsp3) is 0.0833. The van der Waals surface area contributed by atoms with E-state index in [1.54, 1.807) is 6.07 Å². The number of fused-ring (bicyclic) bond motifs is 1. The molecule has 1 aromatic heterocycles. The standard InChI is InChI=1S/C24H17ClN2O2/c25-20-12-6-5-11-18(20)22-15-21(26-27(22)17-9-2-1-3-10-17)19-14-16-8-4-7-13-23(16)29-24(19)28/h1-14,22H,15H2/t22-/m1/s1. The molecule has 0 N–H and O–H groups in total. The molecule has 4 aromatic rings. The van der Waals surface area contributed by atoms with Crippen molar-refractivity contribution in [1.29, 1.82) is 0 Å². The number of halogens is 1. The van der Waals surface area contributed by atoms with E-state index in [0.717, 1.165) is 16.6 Å². The summed E-state index contributed by atoms with van der Waals surface area (Å²) in [4.78, 5) is 12.7. The third-order valence-electron chi connectivity index (χ3n) is 5.15. The smallest absolute Gasteiger partial charge is 0.345 e. The SMILES string of the molecule is O=c1oc2ccccc2cc1C1=NN(c2ccccc2)[C@@H](c2ccccc2Cl)C1. The maximum atomic E-state index is 12.7. The number of rotatable bonds is 3. The highest BCUT2D eigenvalue weighted by molar-refractivity contribution is 6.31. The second kappa shape index (κ2) is 7.22. The number of hydrogen-bond acceptors (Lipinski definition) is 4. The molecule has 3 aromatic carbocycles. The minimum Gasteiger partial charge on any atom is -0.422 e. The lowest BCUT2D eigenvalue weighted by Gasteiger charge is -2.24. The zero-order chi connectivity index (χ0) is 19.8. The largest absolute Gasteiger partial charge is 0.422 e. The average Bonchev–Trinajstić information content (AvgIpc) is 3.19. The maximum absolute atomic E-state index is 12.7. The summed E-state index contributed by atoms with van der Waals surface area (Å²) in [5.41, 5.74) is 3.29. The van der Waals surface area contributed by atoms with Gasteiger partial charge in [0.2, 0.25) is 0 Å². The highest BCUT2D eigenvalue weighted by Gasteiger charge is 2.32. The molecule has 0 radical (unpaired) electrons. The van der Waals surface area contributed by atoms with Crippen LogP contribution in [0.3, 0.4) is 0 Å². The summed E-state index contributed by atoms with van der Waals surface area (Å²) >= 11 is 6.50. The van der Waals surface area contributed by atoms with Gasteiger partial charge < -0.3 is 4.42 Å². The molecule has 5 heteroatoms. The van der Waals surface area contributed by atoms with Gasteiger partial charge in [0, 0.05) is 16.8 Å². The molecule has 1 aliphatic rings. The van der Waals surface area contributed by atoms with Gasteiger partial charge in [-0.1, -0.05) is 66.2 Å². The quantitative estimate of drug-likeness (QED) is 0.408. The van der Waals surface area contributed by atoms with Gasteiger partial charge in [-0.2, -0.15) is 5.10 Å². The fourth-order valence-corrected chi connectivity index (χ4v) is 4.00. The summed E-state index contributed by atoms with van der Waals surface area (Å²) in [5.74, 6) is 0. The van der Waals surface area contributed by atoms with Gasteiger partial charge in [-0.15, -0.1) is 0 Å². The Bertz CT molecular complexity index is 1280. The van der Waals surface area contributed by atoms with Gasteiger partial charge in [-0.25, -0.2) is 4.79 Å². The van der Waals surface area contributed by atoms with Crippen molar-refractivity contribution in [3.8, 4) is 0 Å². The van der Waals surface area contributed by atoms with Crippen molar-refractivity contribution in [1.82, 2.24) is 0 Å². The molecule has 0 amide bonds. The number of benzene rings is 3. The van der Waals surface area contributed by atoms with Gasteiger partial charge >= 0.3 is 5.63 Å². The lowest BCUT2D eigenvalue weighted by molar-refractivity contribution is 0.559. The zero-order valence-corrected chi connectivity index (χ0v) is 16.2. The van der Waals surface area contributed by atoms with Gasteiger partial charge in [-0.05, 0) is 35.9 Å². The fourth-order valence-electron chi connectivity index (χ4n) is 3.74. The third-order valence-corrected chi connectivity index (χ3v) is 5.49. The first-order chi connectivity index (χ1) is 14.2. The summed E-state index contributed by atoms with van der Waals surface area (Å²) in [6, 6.07) is 26.9. The molecule has 1 atom stereocenters. The molecular formula is C24H17ClN2O2. The Balaban J connectivity index is 1.64. The Morgan fingerprint density at radius 3 is 2.48 bits per heavy atom. The van der Waals surface area contributed by atoms with Crippen molar-refractivity contribution in [3.05, 3.63) is 111 Å². The van der Waals surface area contributed by atoms with Crippen LogP contribution in [0.25, 0.3) is 11.0 Å². The Kier molecular flexibility index (Phi) is 4.41. The van der Waals surface area contributed by atoms with Crippen LogP contribution in [0, 0.1) is 0 Å².